The van der Waals surface area contributed by atoms with E-state index in [0.717, 1.165) is 31.1 Å². The van der Waals surface area contributed by atoms with Gasteiger partial charge in [-0.2, -0.15) is 4.98 Å². The van der Waals surface area contributed by atoms with Gasteiger partial charge in [-0.25, -0.2) is 0 Å². The maximum absolute atomic E-state index is 5.42. The molecule has 0 spiro atoms. The Morgan fingerprint density at radius 1 is 1.30 bits per heavy atom. The zero-order chi connectivity index (χ0) is 13.9. The van der Waals surface area contributed by atoms with E-state index in [0.29, 0.717) is 5.92 Å². The number of nitrogens with zero attached hydrogens (tertiary/aromatic N) is 2. The van der Waals surface area contributed by atoms with Crippen LogP contribution in [0.1, 0.15) is 48.6 Å². The van der Waals surface area contributed by atoms with E-state index in [9.17, 15) is 0 Å². The minimum atomic E-state index is 0.220. The average Bonchev–Trinajstić information content (AvgIpc) is 2.90. The third kappa shape index (κ3) is 3.07. The fourth-order valence-electron chi connectivity index (χ4n) is 2.66. The van der Waals surface area contributed by atoms with Gasteiger partial charge < -0.3 is 9.84 Å². The van der Waals surface area contributed by atoms with Crippen LogP contribution in [0.25, 0.3) is 0 Å². The van der Waals surface area contributed by atoms with Crippen LogP contribution < -0.4 is 5.32 Å². The third-order valence-corrected chi connectivity index (χ3v) is 3.93. The number of rotatable bonds is 3. The van der Waals surface area contributed by atoms with Gasteiger partial charge in [0, 0.05) is 6.42 Å². The highest BCUT2D eigenvalue weighted by atomic mass is 16.5. The van der Waals surface area contributed by atoms with E-state index in [1.165, 1.54) is 17.5 Å². The summed E-state index contributed by atoms with van der Waals surface area (Å²) in [7, 11) is 0. The zero-order valence-corrected chi connectivity index (χ0v) is 12.1. The Morgan fingerprint density at radius 3 is 2.85 bits per heavy atom. The SMILES string of the molecule is Cc1ccc(Cc2noc(C3CC(C)CCN3)n2)cc1. The zero-order valence-electron chi connectivity index (χ0n) is 12.1. The molecule has 2 aromatic rings. The molecule has 20 heavy (non-hydrogen) atoms. The summed E-state index contributed by atoms with van der Waals surface area (Å²) in [6, 6.07) is 8.68. The predicted octanol–water partition coefficient (Wildman–Crippen LogP) is 3.03. The maximum atomic E-state index is 5.42. The number of hydrogen-bond acceptors (Lipinski definition) is 4. The van der Waals surface area contributed by atoms with E-state index in [4.69, 9.17) is 4.52 Å². The molecule has 4 heteroatoms. The molecule has 106 valence electrons. The van der Waals surface area contributed by atoms with Gasteiger partial charge in [0.1, 0.15) is 0 Å². The summed E-state index contributed by atoms with van der Waals surface area (Å²) < 4.78 is 5.42. The standard InChI is InChI=1S/C16H21N3O/c1-11-3-5-13(6-4-11)10-15-18-16(20-19-15)14-9-12(2)7-8-17-14/h3-6,12,14,17H,7-10H2,1-2H3. The van der Waals surface area contributed by atoms with Crippen molar-refractivity contribution in [1.82, 2.24) is 15.5 Å². The van der Waals surface area contributed by atoms with Crippen molar-refractivity contribution in [3.05, 3.63) is 47.1 Å². The van der Waals surface area contributed by atoms with Crippen LogP contribution in [0.3, 0.4) is 0 Å². The van der Waals surface area contributed by atoms with Gasteiger partial charge in [-0.15, -0.1) is 0 Å². The van der Waals surface area contributed by atoms with Gasteiger partial charge in [-0.1, -0.05) is 41.9 Å². The largest absolute Gasteiger partial charge is 0.338 e. The van der Waals surface area contributed by atoms with E-state index in [1.54, 1.807) is 0 Å². The Labute approximate surface area is 119 Å². The molecular formula is C16H21N3O. The summed E-state index contributed by atoms with van der Waals surface area (Å²) in [5.74, 6) is 2.22. The lowest BCUT2D eigenvalue weighted by molar-refractivity contribution is 0.259. The van der Waals surface area contributed by atoms with Crippen molar-refractivity contribution >= 4 is 0 Å². The lowest BCUT2D eigenvalue weighted by Crippen LogP contribution is -2.30. The maximum Gasteiger partial charge on any atom is 0.243 e. The summed E-state index contributed by atoms with van der Waals surface area (Å²) in [6.07, 6.45) is 3.03. The molecule has 1 saturated heterocycles. The predicted molar refractivity (Wildman–Crippen MR) is 77.4 cm³/mol. The second-order valence-electron chi connectivity index (χ2n) is 5.85. The van der Waals surface area contributed by atoms with Crippen LogP contribution in [0.2, 0.25) is 0 Å². The lowest BCUT2D eigenvalue weighted by Gasteiger charge is -2.25. The molecule has 1 aromatic heterocycles. The second-order valence-corrected chi connectivity index (χ2v) is 5.85. The van der Waals surface area contributed by atoms with Crippen molar-refractivity contribution in [2.45, 2.75) is 39.2 Å². The fraction of sp³-hybridized carbons (Fsp3) is 0.500. The Balaban J connectivity index is 1.68. The molecule has 2 unspecified atom stereocenters. The van der Waals surface area contributed by atoms with Crippen LogP contribution >= 0.6 is 0 Å². The van der Waals surface area contributed by atoms with E-state index in [1.807, 2.05) is 0 Å². The highest BCUT2D eigenvalue weighted by Gasteiger charge is 2.24. The molecule has 0 saturated carbocycles. The molecule has 1 aliphatic rings. The van der Waals surface area contributed by atoms with Crippen molar-refractivity contribution in [2.75, 3.05) is 6.54 Å². The number of piperidine rings is 1. The fourth-order valence-corrected chi connectivity index (χ4v) is 2.66. The van der Waals surface area contributed by atoms with Gasteiger partial charge in [0.05, 0.1) is 6.04 Å². The number of nitrogens with one attached hydrogen (secondary N) is 1. The summed E-state index contributed by atoms with van der Waals surface area (Å²) in [6.45, 7) is 5.39. The number of aryl methyl sites for hydroxylation is 1. The topological polar surface area (TPSA) is 51.0 Å². The molecule has 1 aromatic carbocycles. The first-order chi connectivity index (χ1) is 9.70. The van der Waals surface area contributed by atoms with Crippen LogP contribution in [-0.2, 0) is 6.42 Å². The first kappa shape index (κ1) is 13.3. The average molecular weight is 271 g/mol. The Hall–Kier alpha value is -1.68. The van der Waals surface area contributed by atoms with Gasteiger partial charge in [0.15, 0.2) is 5.82 Å². The Morgan fingerprint density at radius 2 is 2.10 bits per heavy atom. The monoisotopic (exact) mass is 271 g/mol. The molecule has 1 aliphatic heterocycles. The minimum absolute atomic E-state index is 0.220. The second kappa shape index (κ2) is 5.75. The van der Waals surface area contributed by atoms with Gasteiger partial charge in [0.2, 0.25) is 5.89 Å². The molecule has 3 rings (SSSR count). The molecule has 0 aliphatic carbocycles. The highest BCUT2D eigenvalue weighted by molar-refractivity contribution is 5.23. The lowest BCUT2D eigenvalue weighted by atomic mass is 9.94. The van der Waals surface area contributed by atoms with Gasteiger partial charge in [-0.3, -0.25) is 0 Å². The van der Waals surface area contributed by atoms with E-state index in [-0.39, 0.29) is 6.04 Å². The first-order valence-corrected chi connectivity index (χ1v) is 7.32. The van der Waals surface area contributed by atoms with Crippen LogP contribution in [0.5, 0.6) is 0 Å². The molecule has 1 fully saturated rings. The minimum Gasteiger partial charge on any atom is -0.338 e. The molecular weight excluding hydrogens is 250 g/mol. The van der Waals surface area contributed by atoms with Gasteiger partial charge in [-0.05, 0) is 37.8 Å². The van der Waals surface area contributed by atoms with Crippen LogP contribution in [0.15, 0.2) is 28.8 Å². The van der Waals surface area contributed by atoms with Crippen molar-refractivity contribution < 1.29 is 4.52 Å². The van der Waals surface area contributed by atoms with Crippen LogP contribution in [0, 0.1) is 12.8 Å². The summed E-state index contributed by atoms with van der Waals surface area (Å²) >= 11 is 0. The normalized spacial score (nSPS) is 22.9. The van der Waals surface area contributed by atoms with Gasteiger partial charge in [0.25, 0.3) is 0 Å². The molecule has 2 heterocycles. The van der Waals surface area contributed by atoms with Crippen molar-refractivity contribution in [2.24, 2.45) is 5.92 Å². The quantitative estimate of drug-likeness (QED) is 0.932. The molecule has 4 nitrogen and oxygen atoms in total. The summed E-state index contributed by atoms with van der Waals surface area (Å²) in [5, 5.41) is 7.56. The van der Waals surface area contributed by atoms with E-state index in [2.05, 4.69) is 53.6 Å². The molecule has 2 atom stereocenters. The number of aromatic nitrogens is 2. The first-order valence-electron chi connectivity index (χ1n) is 7.32. The highest BCUT2D eigenvalue weighted by Crippen LogP contribution is 2.25. The number of hydrogen-bond donors (Lipinski definition) is 1. The van der Waals surface area contributed by atoms with E-state index >= 15 is 0 Å². The van der Waals surface area contributed by atoms with E-state index < -0.39 is 0 Å². The van der Waals surface area contributed by atoms with Crippen molar-refractivity contribution in [3.63, 3.8) is 0 Å². The molecule has 0 bridgehead atoms. The van der Waals surface area contributed by atoms with Crippen LogP contribution in [-0.4, -0.2) is 16.7 Å². The molecule has 1 N–H and O–H groups in total. The number of benzene rings is 1. The summed E-state index contributed by atoms with van der Waals surface area (Å²) in [4.78, 5) is 4.55. The van der Waals surface area contributed by atoms with Crippen molar-refractivity contribution in [3.8, 4) is 0 Å². The Kier molecular flexibility index (Phi) is 3.83. The van der Waals surface area contributed by atoms with Crippen LogP contribution in [0.4, 0.5) is 0 Å². The molecule has 0 amide bonds. The molecule has 0 radical (unpaired) electrons. The third-order valence-electron chi connectivity index (χ3n) is 3.93. The van der Waals surface area contributed by atoms with Crippen molar-refractivity contribution in [1.29, 1.82) is 0 Å². The van der Waals surface area contributed by atoms with Gasteiger partial charge >= 0.3 is 0 Å². The summed E-state index contributed by atoms with van der Waals surface area (Å²) in [5.41, 5.74) is 2.48. The Bertz CT molecular complexity index is 561. The smallest absolute Gasteiger partial charge is 0.243 e.